The maximum absolute atomic E-state index is 13.0. The highest BCUT2D eigenvalue weighted by atomic mass is 19.3. The molecule has 7 heteroatoms. The van der Waals surface area contributed by atoms with Crippen molar-refractivity contribution in [3.8, 4) is 5.69 Å². The van der Waals surface area contributed by atoms with Crippen LogP contribution in [-0.2, 0) is 0 Å². The number of rotatable bonds is 3. The van der Waals surface area contributed by atoms with Gasteiger partial charge in [-0.05, 0) is 41.8 Å². The quantitative estimate of drug-likeness (QED) is 0.722. The van der Waals surface area contributed by atoms with E-state index in [1.165, 1.54) is 48.5 Å². The number of nitrogens with zero attached hydrogens (tertiary/aromatic N) is 1. The predicted molar refractivity (Wildman–Crippen MR) is 85.9 cm³/mol. The van der Waals surface area contributed by atoms with Crippen LogP contribution in [0.2, 0.25) is 0 Å². The van der Waals surface area contributed by atoms with Gasteiger partial charge in [0, 0.05) is 16.9 Å². The van der Waals surface area contributed by atoms with E-state index in [9.17, 15) is 23.5 Å². The van der Waals surface area contributed by atoms with Gasteiger partial charge >= 0.3 is 5.97 Å². The Hall–Kier alpha value is -3.22. The van der Waals surface area contributed by atoms with Gasteiger partial charge in [-0.15, -0.1) is 0 Å². The minimum Gasteiger partial charge on any atom is -0.477 e. The molecule has 5 nitrogen and oxygen atoms in total. The lowest BCUT2D eigenvalue weighted by Crippen LogP contribution is -2.25. The number of pyridine rings is 1. The number of carboxylic acids is 1. The van der Waals surface area contributed by atoms with E-state index in [-0.39, 0.29) is 11.1 Å². The molecule has 3 aromatic rings. The smallest absolute Gasteiger partial charge is 0.341 e. The molecule has 0 saturated carbocycles. The number of nitrogen functional groups attached to an aromatic ring is 1. The molecule has 1 aromatic heterocycles. The van der Waals surface area contributed by atoms with Crippen molar-refractivity contribution in [1.82, 2.24) is 4.57 Å². The molecular formula is C17H12F2N2O3. The highest BCUT2D eigenvalue weighted by molar-refractivity contribution is 5.93. The normalized spacial score (nSPS) is 11.1. The number of nitrogens with two attached hydrogens (primary N) is 1. The van der Waals surface area contributed by atoms with Gasteiger partial charge in [0.05, 0.1) is 5.52 Å². The molecule has 2 aromatic carbocycles. The Kier molecular flexibility index (Phi) is 3.76. The lowest BCUT2D eigenvalue weighted by atomic mass is 10.1. The van der Waals surface area contributed by atoms with Gasteiger partial charge in [0.2, 0.25) is 0 Å². The number of carboxylic acid groups (broad SMARTS) is 1. The first-order valence-electron chi connectivity index (χ1n) is 6.95. The summed E-state index contributed by atoms with van der Waals surface area (Å²) in [6.07, 6.45) is -2.71. The summed E-state index contributed by atoms with van der Waals surface area (Å²) in [6.45, 7) is 0. The minimum absolute atomic E-state index is 0.201. The number of hydrogen-bond donors (Lipinski definition) is 2. The van der Waals surface area contributed by atoms with Gasteiger partial charge in [0.1, 0.15) is 5.56 Å². The van der Waals surface area contributed by atoms with E-state index in [0.717, 1.165) is 4.57 Å². The van der Waals surface area contributed by atoms with Gasteiger partial charge < -0.3 is 10.8 Å². The molecule has 3 rings (SSSR count). The molecule has 3 N–H and O–H groups in total. The van der Waals surface area contributed by atoms with Crippen LogP contribution in [0.1, 0.15) is 22.3 Å². The molecule has 0 unspecified atom stereocenters. The molecule has 0 spiro atoms. The predicted octanol–water partition coefficient (Wildman–Crippen LogP) is 3.21. The van der Waals surface area contributed by atoms with E-state index in [1.54, 1.807) is 0 Å². The molecule has 0 amide bonds. The van der Waals surface area contributed by atoms with Crippen LogP contribution in [-0.4, -0.2) is 15.6 Å². The lowest BCUT2D eigenvalue weighted by molar-refractivity contribution is 0.0695. The van der Waals surface area contributed by atoms with Crippen LogP contribution in [0.4, 0.5) is 14.5 Å². The highest BCUT2D eigenvalue weighted by Crippen LogP contribution is 2.25. The summed E-state index contributed by atoms with van der Waals surface area (Å²) in [7, 11) is 0. The van der Waals surface area contributed by atoms with Crippen molar-refractivity contribution in [2.24, 2.45) is 0 Å². The summed E-state index contributed by atoms with van der Waals surface area (Å²) in [5.41, 5.74) is 5.12. The SMILES string of the molecule is Nc1ccc(-n2c(=O)c(C(=O)O)cc3ccc(C(F)F)cc32)cc1. The molecule has 1 heterocycles. The number of aromatic carboxylic acids is 1. The fourth-order valence-electron chi connectivity index (χ4n) is 2.49. The van der Waals surface area contributed by atoms with Gasteiger partial charge in [-0.3, -0.25) is 9.36 Å². The number of hydrogen-bond acceptors (Lipinski definition) is 3. The first-order chi connectivity index (χ1) is 11.4. The van der Waals surface area contributed by atoms with Gasteiger partial charge in [-0.2, -0.15) is 0 Å². The number of aromatic nitrogens is 1. The third kappa shape index (κ3) is 2.60. The number of anilines is 1. The van der Waals surface area contributed by atoms with E-state index < -0.39 is 23.5 Å². The molecule has 0 aliphatic rings. The van der Waals surface area contributed by atoms with E-state index >= 15 is 0 Å². The zero-order chi connectivity index (χ0) is 17.4. The molecule has 24 heavy (non-hydrogen) atoms. The van der Waals surface area contributed by atoms with Crippen molar-refractivity contribution in [1.29, 1.82) is 0 Å². The van der Waals surface area contributed by atoms with Crippen LogP contribution in [0.25, 0.3) is 16.6 Å². The van der Waals surface area contributed by atoms with E-state index in [0.29, 0.717) is 16.8 Å². The van der Waals surface area contributed by atoms with Crippen LogP contribution in [0, 0.1) is 0 Å². The topological polar surface area (TPSA) is 85.3 Å². The monoisotopic (exact) mass is 330 g/mol. The fourth-order valence-corrected chi connectivity index (χ4v) is 2.49. The van der Waals surface area contributed by atoms with Crippen molar-refractivity contribution >= 4 is 22.6 Å². The second kappa shape index (κ2) is 5.77. The number of carbonyl (C=O) groups is 1. The standard InChI is InChI=1S/C17H12F2N2O3/c18-15(19)10-2-1-9-7-13(17(23)24)16(22)21(14(9)8-10)12-5-3-11(20)4-6-12/h1-8,15H,20H2,(H,23,24). The molecule has 0 atom stereocenters. The molecule has 122 valence electrons. The summed E-state index contributed by atoms with van der Waals surface area (Å²) in [5, 5.41) is 9.60. The summed E-state index contributed by atoms with van der Waals surface area (Å²) in [6, 6.07) is 11.1. The number of alkyl halides is 2. The maximum Gasteiger partial charge on any atom is 0.341 e. The van der Waals surface area contributed by atoms with Crippen LogP contribution in [0.15, 0.2) is 53.3 Å². The van der Waals surface area contributed by atoms with Crippen molar-refractivity contribution in [2.75, 3.05) is 5.73 Å². The summed E-state index contributed by atoms with van der Waals surface area (Å²) in [4.78, 5) is 23.9. The van der Waals surface area contributed by atoms with Crippen LogP contribution >= 0.6 is 0 Å². The number of fused-ring (bicyclic) bond motifs is 1. The second-order valence-electron chi connectivity index (χ2n) is 5.21. The van der Waals surface area contributed by atoms with Crippen LogP contribution in [0.3, 0.4) is 0 Å². The molecule has 0 radical (unpaired) electrons. The zero-order valence-electron chi connectivity index (χ0n) is 12.2. The molecule has 0 aliphatic heterocycles. The fraction of sp³-hybridized carbons (Fsp3) is 0.0588. The van der Waals surface area contributed by atoms with E-state index in [1.807, 2.05) is 0 Å². The van der Waals surface area contributed by atoms with Gasteiger partial charge in [0.15, 0.2) is 0 Å². The van der Waals surface area contributed by atoms with Crippen molar-refractivity contribution in [3.63, 3.8) is 0 Å². The zero-order valence-corrected chi connectivity index (χ0v) is 12.2. The summed E-state index contributed by atoms with van der Waals surface area (Å²) < 4.78 is 27.1. The Morgan fingerprint density at radius 2 is 1.75 bits per heavy atom. The Labute approximate surface area is 134 Å². The summed E-state index contributed by atoms with van der Waals surface area (Å²) in [5.74, 6) is -1.39. The van der Waals surface area contributed by atoms with E-state index in [2.05, 4.69) is 0 Å². The molecule has 0 saturated heterocycles. The minimum atomic E-state index is -2.71. The average molecular weight is 330 g/mol. The number of halogens is 2. The number of benzene rings is 2. The third-order valence-corrected chi connectivity index (χ3v) is 3.66. The van der Waals surface area contributed by atoms with Gasteiger partial charge in [-0.25, -0.2) is 13.6 Å². The lowest BCUT2D eigenvalue weighted by Gasteiger charge is -2.13. The van der Waals surface area contributed by atoms with Crippen LogP contribution in [0.5, 0.6) is 0 Å². The maximum atomic E-state index is 13.0. The first kappa shape index (κ1) is 15.7. The second-order valence-corrected chi connectivity index (χ2v) is 5.21. The first-order valence-corrected chi connectivity index (χ1v) is 6.95. The average Bonchev–Trinajstić information content (AvgIpc) is 2.54. The van der Waals surface area contributed by atoms with Gasteiger partial charge in [-0.1, -0.05) is 12.1 Å². The van der Waals surface area contributed by atoms with Crippen molar-refractivity contribution in [2.45, 2.75) is 6.43 Å². The molecule has 0 bridgehead atoms. The van der Waals surface area contributed by atoms with Crippen molar-refractivity contribution < 1.29 is 18.7 Å². The Morgan fingerprint density at radius 1 is 1.08 bits per heavy atom. The van der Waals surface area contributed by atoms with Gasteiger partial charge in [0.25, 0.3) is 12.0 Å². The van der Waals surface area contributed by atoms with E-state index in [4.69, 9.17) is 5.73 Å². The highest BCUT2D eigenvalue weighted by Gasteiger charge is 2.17. The molecule has 0 aliphatic carbocycles. The van der Waals surface area contributed by atoms with Crippen molar-refractivity contribution in [3.05, 3.63) is 70.0 Å². The Balaban J connectivity index is 2.43. The Morgan fingerprint density at radius 3 is 2.33 bits per heavy atom. The third-order valence-electron chi connectivity index (χ3n) is 3.66. The molecule has 0 fully saturated rings. The molecular weight excluding hydrogens is 318 g/mol. The largest absolute Gasteiger partial charge is 0.477 e. The Bertz CT molecular complexity index is 995. The van der Waals surface area contributed by atoms with Crippen LogP contribution < -0.4 is 11.3 Å². The summed E-state index contributed by atoms with van der Waals surface area (Å²) >= 11 is 0.